The molecule has 0 unspecified atom stereocenters. The van der Waals surface area contributed by atoms with E-state index < -0.39 is 17.3 Å². The van der Waals surface area contributed by atoms with E-state index in [4.69, 9.17) is 11.6 Å². The van der Waals surface area contributed by atoms with Gasteiger partial charge in [0.15, 0.2) is 0 Å². The molecule has 9 rings (SSSR count). The van der Waals surface area contributed by atoms with Crippen LogP contribution in [0.4, 0.5) is 5.69 Å². The molecule has 0 spiro atoms. The van der Waals surface area contributed by atoms with Crippen molar-refractivity contribution in [3.8, 4) is 0 Å². The number of benzene rings is 3. The van der Waals surface area contributed by atoms with Crippen molar-refractivity contribution in [1.29, 1.82) is 0 Å². The van der Waals surface area contributed by atoms with Gasteiger partial charge in [-0.1, -0.05) is 92.0 Å². The number of amides is 3. The Morgan fingerprint density at radius 2 is 1.61 bits per heavy atom. The van der Waals surface area contributed by atoms with E-state index >= 15 is 0 Å². The number of imide groups is 1. The van der Waals surface area contributed by atoms with E-state index in [-0.39, 0.29) is 35.0 Å². The van der Waals surface area contributed by atoms with Gasteiger partial charge in [0, 0.05) is 18.1 Å². The van der Waals surface area contributed by atoms with Crippen LogP contribution in [0.25, 0.3) is 0 Å². The SMILES string of the molecule is C[C@]12CCCC[C@@H]1[C@@H]2C(=O)N/N=C\C12c3ccccc3C(c3ccccc31)[C@@H]1C(=O)N(c3ccccc3Cl)C(=O)[C@H]12. The number of hydrogen-bond donors (Lipinski definition) is 1. The van der Waals surface area contributed by atoms with E-state index in [0.717, 1.165) is 35.1 Å². The average Bonchev–Trinajstić information content (AvgIpc) is 3.54. The summed E-state index contributed by atoms with van der Waals surface area (Å²) in [6.45, 7) is 2.22. The predicted molar refractivity (Wildman–Crippen MR) is 157 cm³/mol. The fourth-order valence-corrected chi connectivity index (χ4v) is 9.26. The minimum Gasteiger partial charge on any atom is -0.274 e. The second-order valence-corrected chi connectivity index (χ2v) is 13.0. The fourth-order valence-electron chi connectivity index (χ4n) is 9.04. The Hall–Kier alpha value is -3.77. The predicted octanol–water partition coefficient (Wildman–Crippen LogP) is 5.82. The summed E-state index contributed by atoms with van der Waals surface area (Å²) in [4.78, 5) is 43.3. The second-order valence-electron chi connectivity index (χ2n) is 12.6. The Labute approximate surface area is 243 Å². The summed E-state index contributed by atoms with van der Waals surface area (Å²) in [6, 6.07) is 23.0. The van der Waals surface area contributed by atoms with E-state index in [2.05, 4.69) is 29.6 Å². The van der Waals surface area contributed by atoms with Crippen molar-refractivity contribution in [1.82, 2.24) is 5.43 Å². The lowest BCUT2D eigenvalue weighted by Crippen LogP contribution is -2.54. The van der Waals surface area contributed by atoms with Crippen molar-refractivity contribution in [3.63, 3.8) is 0 Å². The van der Waals surface area contributed by atoms with Gasteiger partial charge < -0.3 is 0 Å². The summed E-state index contributed by atoms with van der Waals surface area (Å²) in [5.41, 5.74) is 6.26. The molecular weight excluding hydrogens is 534 g/mol. The van der Waals surface area contributed by atoms with Gasteiger partial charge in [0.2, 0.25) is 17.7 Å². The van der Waals surface area contributed by atoms with Gasteiger partial charge in [-0.2, -0.15) is 5.10 Å². The minimum absolute atomic E-state index is 0.0283. The van der Waals surface area contributed by atoms with E-state index in [9.17, 15) is 14.4 Å². The third-order valence-electron chi connectivity index (χ3n) is 10.8. The van der Waals surface area contributed by atoms with Crippen LogP contribution >= 0.6 is 11.6 Å². The third kappa shape index (κ3) is 3.14. The number of hydrazone groups is 1. The molecule has 1 heterocycles. The Morgan fingerprint density at radius 3 is 2.27 bits per heavy atom. The van der Waals surface area contributed by atoms with E-state index in [1.165, 1.54) is 17.7 Å². The lowest BCUT2D eigenvalue weighted by molar-refractivity contribution is -0.124. The molecule has 2 bridgehead atoms. The van der Waals surface area contributed by atoms with Gasteiger partial charge in [-0.3, -0.25) is 14.4 Å². The monoisotopic (exact) mass is 563 g/mol. The number of para-hydroxylation sites is 1. The van der Waals surface area contributed by atoms with Gasteiger partial charge in [-0.25, -0.2) is 10.3 Å². The van der Waals surface area contributed by atoms with Crippen molar-refractivity contribution in [2.45, 2.75) is 43.9 Å². The molecule has 0 aromatic heterocycles. The van der Waals surface area contributed by atoms with Crippen LogP contribution in [-0.2, 0) is 19.8 Å². The Morgan fingerprint density at radius 1 is 0.951 bits per heavy atom. The van der Waals surface area contributed by atoms with Crippen molar-refractivity contribution in [2.24, 2.45) is 34.2 Å². The van der Waals surface area contributed by atoms with Gasteiger partial charge in [-0.05, 0) is 58.6 Å². The normalized spacial score (nSPS) is 34.2. The van der Waals surface area contributed by atoms with Crippen LogP contribution in [0.2, 0.25) is 5.02 Å². The highest BCUT2D eigenvalue weighted by Gasteiger charge is 2.68. The lowest BCUT2D eigenvalue weighted by atomic mass is 9.47. The molecule has 0 radical (unpaired) electrons. The zero-order valence-corrected chi connectivity index (χ0v) is 23.5. The van der Waals surface area contributed by atoms with Crippen LogP contribution in [0.15, 0.2) is 77.9 Å². The van der Waals surface area contributed by atoms with Crippen LogP contribution in [0.3, 0.4) is 0 Å². The summed E-state index contributed by atoms with van der Waals surface area (Å²) in [7, 11) is 0. The zero-order valence-electron chi connectivity index (χ0n) is 22.7. The van der Waals surface area contributed by atoms with E-state index in [1.807, 2.05) is 36.4 Å². The highest BCUT2D eigenvalue weighted by molar-refractivity contribution is 6.36. The molecule has 5 aliphatic carbocycles. The molecule has 3 aromatic carbocycles. The number of fused-ring (bicyclic) bond motifs is 1. The van der Waals surface area contributed by atoms with E-state index in [0.29, 0.717) is 16.6 Å². The number of carbonyl (C=O) groups is 3. The van der Waals surface area contributed by atoms with Gasteiger partial charge >= 0.3 is 0 Å². The number of nitrogens with zero attached hydrogens (tertiary/aromatic N) is 2. The molecule has 1 aliphatic heterocycles. The molecule has 6 aliphatic rings. The summed E-state index contributed by atoms with van der Waals surface area (Å²) in [6.07, 6.45) is 6.24. The molecule has 1 N–H and O–H groups in total. The first-order valence-electron chi connectivity index (χ1n) is 14.5. The molecular formula is C34H30ClN3O3. The largest absolute Gasteiger partial charge is 0.274 e. The second kappa shape index (κ2) is 8.62. The molecule has 6 nitrogen and oxygen atoms in total. The topological polar surface area (TPSA) is 78.8 Å². The zero-order chi connectivity index (χ0) is 28.1. The van der Waals surface area contributed by atoms with E-state index in [1.54, 1.807) is 30.5 Å². The van der Waals surface area contributed by atoms with Crippen molar-refractivity contribution in [2.75, 3.05) is 4.90 Å². The first-order valence-corrected chi connectivity index (χ1v) is 14.9. The van der Waals surface area contributed by atoms with Gasteiger partial charge in [0.1, 0.15) is 0 Å². The molecule has 41 heavy (non-hydrogen) atoms. The minimum atomic E-state index is -1.02. The fraction of sp³-hybridized carbons (Fsp3) is 0.353. The molecule has 3 fully saturated rings. The van der Waals surface area contributed by atoms with Gasteiger partial charge in [-0.15, -0.1) is 0 Å². The van der Waals surface area contributed by atoms with Crippen LogP contribution in [-0.4, -0.2) is 23.9 Å². The van der Waals surface area contributed by atoms with Crippen molar-refractivity contribution >= 4 is 41.2 Å². The maximum atomic E-state index is 14.4. The first kappa shape index (κ1) is 25.0. The third-order valence-corrected chi connectivity index (χ3v) is 11.2. The van der Waals surface area contributed by atoms with Crippen LogP contribution < -0.4 is 10.3 Å². The number of anilines is 1. The summed E-state index contributed by atoms with van der Waals surface area (Å²) in [5, 5.41) is 4.96. The van der Waals surface area contributed by atoms with Crippen LogP contribution in [0.1, 0.15) is 60.8 Å². The molecule has 1 saturated heterocycles. The smallest absolute Gasteiger partial charge is 0.244 e. The van der Waals surface area contributed by atoms with Crippen LogP contribution in [0.5, 0.6) is 0 Å². The maximum absolute atomic E-state index is 14.4. The molecule has 5 atom stereocenters. The number of nitrogens with one attached hydrogen (secondary N) is 1. The Balaban J connectivity index is 1.26. The van der Waals surface area contributed by atoms with Gasteiger partial charge in [0.05, 0.1) is 28.0 Å². The Kier molecular flexibility index (Phi) is 5.25. The number of carbonyl (C=O) groups excluding carboxylic acids is 3. The average molecular weight is 564 g/mol. The summed E-state index contributed by atoms with van der Waals surface area (Å²) < 4.78 is 0. The number of rotatable bonds is 4. The van der Waals surface area contributed by atoms with Crippen molar-refractivity contribution in [3.05, 3.63) is 100 Å². The molecule has 3 aromatic rings. The van der Waals surface area contributed by atoms with Gasteiger partial charge in [0.25, 0.3) is 0 Å². The summed E-state index contributed by atoms with van der Waals surface area (Å²) >= 11 is 6.53. The standard InChI is InChI=1S/C34H30ClN3O3/c1-33-17-9-8-14-23(33)28(33)30(39)37-36-18-34-21-12-4-2-10-19(21)26(20-11-3-5-13-22(20)34)27-29(34)32(41)38(31(27)40)25-16-7-6-15-24(25)35/h2-7,10-13,15-16,18,23,26-29H,8-9,14,17H2,1H3,(H,37,39)/b36-18-/t23-,26?,27+,28-,29+,33+,34?/m1/s1. The highest BCUT2D eigenvalue weighted by atomic mass is 35.5. The van der Waals surface area contributed by atoms with Crippen LogP contribution in [0, 0.1) is 29.1 Å². The quantitative estimate of drug-likeness (QED) is 0.247. The molecule has 206 valence electrons. The van der Waals surface area contributed by atoms with Crippen molar-refractivity contribution < 1.29 is 14.4 Å². The lowest BCUT2D eigenvalue weighted by Gasteiger charge is -2.52. The maximum Gasteiger partial charge on any atom is 0.244 e. The summed E-state index contributed by atoms with van der Waals surface area (Å²) in [5.74, 6) is -1.81. The Bertz CT molecular complexity index is 1640. The number of halogens is 1. The first-order chi connectivity index (χ1) is 19.9. The molecule has 3 amide bonds. The highest BCUT2D eigenvalue weighted by Crippen LogP contribution is 2.66. The number of hydrogen-bond acceptors (Lipinski definition) is 4. The molecule has 2 saturated carbocycles. The molecule has 7 heteroatoms.